The van der Waals surface area contributed by atoms with Gasteiger partial charge in [-0.05, 0) is 32.4 Å². The second-order valence-corrected chi connectivity index (χ2v) is 7.87. The van der Waals surface area contributed by atoms with Gasteiger partial charge in [-0.15, -0.1) is 4.80 Å². The van der Waals surface area contributed by atoms with E-state index in [1.165, 1.54) is 18.5 Å². The molecule has 1 amide bonds. The SMILES string of the molecule is Cc1ncc(N2C[C@@H]3CCN(C(=O)c4cccc(F)c4-n4nccn4)C[C@@H]32)nc1C. The topological polar surface area (TPSA) is 80.0 Å². The maximum absolute atomic E-state index is 14.5. The molecule has 2 saturated heterocycles. The van der Waals surface area contributed by atoms with Crippen molar-refractivity contribution in [2.45, 2.75) is 26.3 Å². The smallest absolute Gasteiger partial charge is 0.256 e. The summed E-state index contributed by atoms with van der Waals surface area (Å²) in [6, 6.07) is 4.68. The first-order valence-corrected chi connectivity index (χ1v) is 10.0. The Morgan fingerprint density at radius 1 is 1.13 bits per heavy atom. The van der Waals surface area contributed by atoms with Gasteiger partial charge < -0.3 is 9.80 Å². The molecule has 0 bridgehead atoms. The number of piperidine rings is 1. The monoisotopic (exact) mass is 407 g/mol. The zero-order chi connectivity index (χ0) is 20.8. The average molecular weight is 407 g/mol. The van der Waals surface area contributed by atoms with Gasteiger partial charge in [0.15, 0.2) is 5.82 Å². The number of rotatable bonds is 3. The third kappa shape index (κ3) is 3.01. The summed E-state index contributed by atoms with van der Waals surface area (Å²) in [4.78, 5) is 27.6. The normalized spacial score (nSPS) is 20.6. The zero-order valence-corrected chi connectivity index (χ0v) is 16.9. The maximum atomic E-state index is 14.5. The van der Waals surface area contributed by atoms with Crippen LogP contribution in [0.3, 0.4) is 0 Å². The molecule has 8 nitrogen and oxygen atoms in total. The van der Waals surface area contributed by atoms with Crippen LogP contribution in [-0.4, -0.2) is 61.4 Å². The molecule has 2 aromatic heterocycles. The van der Waals surface area contributed by atoms with E-state index in [1.54, 1.807) is 23.2 Å². The maximum Gasteiger partial charge on any atom is 0.256 e. The molecule has 0 aliphatic carbocycles. The molecule has 0 spiro atoms. The van der Waals surface area contributed by atoms with Crippen molar-refractivity contribution in [1.82, 2.24) is 29.9 Å². The molecule has 0 saturated carbocycles. The Morgan fingerprint density at radius 2 is 1.93 bits per heavy atom. The van der Waals surface area contributed by atoms with Crippen LogP contribution in [0.1, 0.15) is 28.2 Å². The predicted molar refractivity (Wildman–Crippen MR) is 108 cm³/mol. The van der Waals surface area contributed by atoms with Crippen LogP contribution in [0.2, 0.25) is 0 Å². The summed E-state index contributed by atoms with van der Waals surface area (Å²) in [7, 11) is 0. The van der Waals surface area contributed by atoms with Crippen LogP contribution < -0.4 is 4.90 Å². The number of aromatic nitrogens is 5. The Labute approximate surface area is 173 Å². The number of carbonyl (C=O) groups excluding carboxylic acids is 1. The first-order chi connectivity index (χ1) is 14.5. The Bertz CT molecular complexity index is 1100. The van der Waals surface area contributed by atoms with Crippen LogP contribution in [0, 0.1) is 25.6 Å². The van der Waals surface area contributed by atoms with Crippen molar-refractivity contribution in [2.75, 3.05) is 24.5 Å². The van der Waals surface area contributed by atoms with Gasteiger partial charge in [0.05, 0.1) is 41.6 Å². The lowest BCUT2D eigenvalue weighted by atomic mass is 9.82. The fourth-order valence-electron chi connectivity index (χ4n) is 4.30. The third-order valence-corrected chi connectivity index (χ3v) is 6.15. The van der Waals surface area contributed by atoms with Gasteiger partial charge >= 0.3 is 0 Å². The molecule has 30 heavy (non-hydrogen) atoms. The van der Waals surface area contributed by atoms with E-state index in [-0.39, 0.29) is 23.2 Å². The highest BCUT2D eigenvalue weighted by molar-refractivity contribution is 5.98. The van der Waals surface area contributed by atoms with Gasteiger partial charge in [-0.2, -0.15) is 10.2 Å². The number of anilines is 1. The van der Waals surface area contributed by atoms with Gasteiger partial charge in [0, 0.05) is 25.6 Å². The number of hydrogen-bond acceptors (Lipinski definition) is 6. The van der Waals surface area contributed by atoms with E-state index in [9.17, 15) is 9.18 Å². The molecule has 5 rings (SSSR count). The van der Waals surface area contributed by atoms with Crippen LogP contribution >= 0.6 is 0 Å². The van der Waals surface area contributed by atoms with Crippen molar-refractivity contribution in [3.05, 3.63) is 59.6 Å². The predicted octanol–water partition coefficient (Wildman–Crippen LogP) is 2.16. The fourth-order valence-corrected chi connectivity index (χ4v) is 4.30. The summed E-state index contributed by atoms with van der Waals surface area (Å²) >= 11 is 0. The van der Waals surface area contributed by atoms with Crippen LogP contribution in [-0.2, 0) is 0 Å². The third-order valence-electron chi connectivity index (χ3n) is 6.15. The first kappa shape index (κ1) is 18.7. The Kier molecular flexibility index (Phi) is 4.45. The number of fused-ring (bicyclic) bond motifs is 1. The van der Waals surface area contributed by atoms with E-state index in [2.05, 4.69) is 25.1 Å². The fraction of sp³-hybridized carbons (Fsp3) is 0.381. The Hall–Kier alpha value is -3.36. The number of nitrogens with zero attached hydrogens (tertiary/aromatic N) is 7. The molecule has 2 aliphatic heterocycles. The van der Waals surface area contributed by atoms with Crippen molar-refractivity contribution < 1.29 is 9.18 Å². The van der Waals surface area contributed by atoms with Gasteiger partial charge in [0.2, 0.25) is 0 Å². The number of amides is 1. The number of hydrogen-bond donors (Lipinski definition) is 0. The van der Waals surface area contributed by atoms with Crippen LogP contribution in [0.5, 0.6) is 0 Å². The molecule has 154 valence electrons. The largest absolute Gasteiger partial charge is 0.350 e. The summed E-state index contributed by atoms with van der Waals surface area (Å²) in [6.45, 7) is 6.04. The summed E-state index contributed by atoms with van der Waals surface area (Å²) in [6.07, 6.45) is 5.63. The van der Waals surface area contributed by atoms with Crippen LogP contribution in [0.4, 0.5) is 10.2 Å². The Morgan fingerprint density at radius 3 is 2.70 bits per heavy atom. The van der Waals surface area contributed by atoms with Gasteiger partial charge in [-0.3, -0.25) is 9.78 Å². The molecule has 9 heteroatoms. The van der Waals surface area contributed by atoms with Gasteiger partial charge in [0.1, 0.15) is 11.5 Å². The first-order valence-electron chi connectivity index (χ1n) is 10.0. The second-order valence-electron chi connectivity index (χ2n) is 7.87. The van der Waals surface area contributed by atoms with E-state index in [0.29, 0.717) is 19.0 Å². The Balaban J connectivity index is 1.40. The minimum Gasteiger partial charge on any atom is -0.350 e. The molecule has 2 fully saturated rings. The molecule has 3 aromatic rings. The standard InChI is InChI=1S/C21H22FN7O/c1-13-14(2)26-19(10-23-13)28-11-15-6-9-27(12-18(15)28)21(30)16-4-3-5-17(22)20(16)29-24-7-8-25-29/h3-5,7-8,10,15,18H,6,9,11-12H2,1-2H3/t15-,18-/m0/s1. The van der Waals surface area contributed by atoms with E-state index < -0.39 is 5.82 Å². The van der Waals surface area contributed by atoms with E-state index >= 15 is 0 Å². The molecule has 2 atom stereocenters. The van der Waals surface area contributed by atoms with Crippen LogP contribution in [0.25, 0.3) is 5.69 Å². The molecule has 2 aliphatic rings. The second kappa shape index (κ2) is 7.16. The lowest BCUT2D eigenvalue weighted by Gasteiger charge is -2.54. The molecular formula is C21H22FN7O. The summed E-state index contributed by atoms with van der Waals surface area (Å²) < 4.78 is 14.5. The van der Waals surface area contributed by atoms with E-state index in [0.717, 1.165) is 35.0 Å². The van der Waals surface area contributed by atoms with E-state index in [1.807, 2.05) is 13.8 Å². The lowest BCUT2D eigenvalue weighted by Crippen LogP contribution is -2.65. The zero-order valence-electron chi connectivity index (χ0n) is 16.9. The van der Waals surface area contributed by atoms with Crippen molar-refractivity contribution >= 4 is 11.7 Å². The lowest BCUT2D eigenvalue weighted by molar-refractivity contribution is 0.0590. The van der Waals surface area contributed by atoms with Crippen molar-refractivity contribution in [2.24, 2.45) is 5.92 Å². The highest BCUT2D eigenvalue weighted by Gasteiger charge is 2.44. The molecule has 4 heterocycles. The van der Waals surface area contributed by atoms with Crippen molar-refractivity contribution in [3.63, 3.8) is 0 Å². The van der Waals surface area contributed by atoms with Gasteiger partial charge in [0.25, 0.3) is 5.91 Å². The molecule has 0 radical (unpaired) electrons. The van der Waals surface area contributed by atoms with E-state index in [4.69, 9.17) is 0 Å². The van der Waals surface area contributed by atoms with Crippen molar-refractivity contribution in [3.8, 4) is 5.69 Å². The number of aryl methyl sites for hydroxylation is 2. The summed E-state index contributed by atoms with van der Waals surface area (Å²) in [5.74, 6) is 0.638. The highest BCUT2D eigenvalue weighted by atomic mass is 19.1. The molecule has 0 unspecified atom stereocenters. The molecule has 1 aromatic carbocycles. The van der Waals surface area contributed by atoms with Gasteiger partial charge in [-0.25, -0.2) is 9.37 Å². The number of halogens is 1. The number of para-hydroxylation sites is 1. The van der Waals surface area contributed by atoms with Gasteiger partial charge in [-0.1, -0.05) is 6.07 Å². The van der Waals surface area contributed by atoms with Crippen molar-refractivity contribution in [1.29, 1.82) is 0 Å². The summed E-state index contributed by atoms with van der Waals surface area (Å²) in [5, 5.41) is 8.02. The number of likely N-dealkylation sites (tertiary alicyclic amines) is 1. The highest BCUT2D eigenvalue weighted by Crippen LogP contribution is 2.36. The molecule has 0 N–H and O–H groups in total. The summed E-state index contributed by atoms with van der Waals surface area (Å²) in [5.41, 5.74) is 2.18. The number of carbonyl (C=O) groups is 1. The molecular weight excluding hydrogens is 385 g/mol. The minimum absolute atomic E-state index is 0.0834. The number of benzene rings is 1. The van der Waals surface area contributed by atoms with Crippen LogP contribution in [0.15, 0.2) is 36.8 Å². The average Bonchev–Trinajstić information content (AvgIpc) is 3.25. The minimum atomic E-state index is -0.525. The quantitative estimate of drug-likeness (QED) is 0.662.